The van der Waals surface area contributed by atoms with Gasteiger partial charge in [-0.05, 0) is 12.0 Å². The van der Waals surface area contributed by atoms with Crippen LogP contribution in [0, 0.1) is 0 Å². The highest BCUT2D eigenvalue weighted by atomic mass is 16.5. The van der Waals surface area contributed by atoms with Gasteiger partial charge in [-0.25, -0.2) is 0 Å². The van der Waals surface area contributed by atoms with Crippen molar-refractivity contribution in [2.24, 2.45) is 0 Å². The predicted octanol–water partition coefficient (Wildman–Crippen LogP) is 1.49. The lowest BCUT2D eigenvalue weighted by Gasteiger charge is -2.07. The lowest BCUT2D eigenvalue weighted by atomic mass is 10.2. The molecular formula is C15H22N2O2. The average Bonchev–Trinajstić information content (AvgIpc) is 2.45. The molecule has 0 radical (unpaired) electrons. The Hall–Kier alpha value is -1.65. The molecule has 1 amide bonds. The highest BCUT2D eigenvalue weighted by Crippen LogP contribution is 1.96. The van der Waals surface area contributed by atoms with E-state index < -0.39 is 0 Å². The lowest BCUT2D eigenvalue weighted by Crippen LogP contribution is -2.34. The van der Waals surface area contributed by atoms with Gasteiger partial charge in [0, 0.05) is 13.1 Å². The van der Waals surface area contributed by atoms with E-state index in [4.69, 9.17) is 4.74 Å². The number of rotatable bonds is 10. The summed E-state index contributed by atoms with van der Waals surface area (Å²) in [4.78, 5) is 11.5. The number of hydrogen-bond acceptors (Lipinski definition) is 3. The minimum Gasteiger partial charge on any atom is -0.380 e. The first kappa shape index (κ1) is 15.4. The molecule has 1 rings (SSSR count). The van der Waals surface area contributed by atoms with E-state index in [1.54, 1.807) is 0 Å². The molecule has 0 fully saturated rings. The van der Waals surface area contributed by atoms with Crippen LogP contribution in [0.4, 0.5) is 0 Å². The van der Waals surface area contributed by atoms with Crippen molar-refractivity contribution in [3.8, 4) is 0 Å². The molecule has 0 aliphatic carbocycles. The topological polar surface area (TPSA) is 50.4 Å². The van der Waals surface area contributed by atoms with Crippen molar-refractivity contribution < 1.29 is 9.53 Å². The predicted molar refractivity (Wildman–Crippen MR) is 76.8 cm³/mol. The van der Waals surface area contributed by atoms with Gasteiger partial charge >= 0.3 is 0 Å². The molecule has 0 saturated heterocycles. The molecule has 19 heavy (non-hydrogen) atoms. The fraction of sp³-hybridized carbons (Fsp3) is 0.400. The first-order chi connectivity index (χ1) is 9.33. The maximum atomic E-state index is 11.5. The van der Waals surface area contributed by atoms with Gasteiger partial charge in [0.1, 0.15) is 0 Å². The van der Waals surface area contributed by atoms with Crippen LogP contribution in [0.5, 0.6) is 0 Å². The Morgan fingerprint density at radius 1 is 1.26 bits per heavy atom. The zero-order valence-corrected chi connectivity index (χ0v) is 11.2. The first-order valence-electron chi connectivity index (χ1n) is 6.53. The van der Waals surface area contributed by atoms with Gasteiger partial charge in [-0.1, -0.05) is 36.4 Å². The second-order valence-electron chi connectivity index (χ2n) is 4.13. The van der Waals surface area contributed by atoms with Crippen molar-refractivity contribution in [3.63, 3.8) is 0 Å². The van der Waals surface area contributed by atoms with E-state index in [9.17, 15) is 4.79 Å². The molecule has 0 heterocycles. The van der Waals surface area contributed by atoms with Gasteiger partial charge in [0.15, 0.2) is 0 Å². The summed E-state index contributed by atoms with van der Waals surface area (Å²) >= 11 is 0. The largest absolute Gasteiger partial charge is 0.380 e. The number of hydrogen-bond donors (Lipinski definition) is 2. The molecule has 104 valence electrons. The second-order valence-corrected chi connectivity index (χ2v) is 4.13. The van der Waals surface area contributed by atoms with E-state index in [1.807, 2.05) is 36.4 Å². The van der Waals surface area contributed by atoms with Crippen molar-refractivity contribution in [3.05, 3.63) is 48.6 Å². The number of amides is 1. The summed E-state index contributed by atoms with van der Waals surface area (Å²) in [5, 5.41) is 5.89. The van der Waals surface area contributed by atoms with Crippen LogP contribution in [0.2, 0.25) is 0 Å². The Kier molecular flexibility index (Phi) is 8.34. The standard InChI is InChI=1S/C15H22N2O2/c1-2-3-10-19-11-9-16-13-15(18)17-12-14-7-5-4-6-8-14/h2,4-8,16H,1,3,9-13H2,(H,17,18). The summed E-state index contributed by atoms with van der Waals surface area (Å²) in [7, 11) is 0. The van der Waals surface area contributed by atoms with Crippen LogP contribution in [0.3, 0.4) is 0 Å². The smallest absolute Gasteiger partial charge is 0.234 e. The maximum Gasteiger partial charge on any atom is 0.234 e. The minimum atomic E-state index is -0.00468. The van der Waals surface area contributed by atoms with E-state index in [0.717, 1.165) is 12.0 Å². The van der Waals surface area contributed by atoms with Gasteiger partial charge in [0.25, 0.3) is 0 Å². The minimum absolute atomic E-state index is 0.00468. The van der Waals surface area contributed by atoms with Crippen molar-refractivity contribution >= 4 is 5.91 Å². The summed E-state index contributed by atoms with van der Waals surface area (Å²) in [6, 6.07) is 9.85. The van der Waals surface area contributed by atoms with Gasteiger partial charge < -0.3 is 15.4 Å². The summed E-state index contributed by atoms with van der Waals surface area (Å²) in [5.41, 5.74) is 1.10. The van der Waals surface area contributed by atoms with Gasteiger partial charge in [0.2, 0.25) is 5.91 Å². The van der Waals surface area contributed by atoms with Crippen LogP contribution in [0.15, 0.2) is 43.0 Å². The average molecular weight is 262 g/mol. The van der Waals surface area contributed by atoms with Crippen LogP contribution in [0.25, 0.3) is 0 Å². The van der Waals surface area contributed by atoms with E-state index in [0.29, 0.717) is 32.8 Å². The van der Waals surface area contributed by atoms with Gasteiger partial charge in [-0.2, -0.15) is 0 Å². The Labute approximate surface area is 114 Å². The number of carbonyl (C=O) groups excluding carboxylic acids is 1. The number of benzene rings is 1. The maximum absolute atomic E-state index is 11.5. The SMILES string of the molecule is C=CCCOCCNCC(=O)NCc1ccccc1. The molecule has 0 aromatic heterocycles. The molecular weight excluding hydrogens is 240 g/mol. The highest BCUT2D eigenvalue weighted by Gasteiger charge is 1.99. The molecule has 0 saturated carbocycles. The highest BCUT2D eigenvalue weighted by molar-refractivity contribution is 5.77. The lowest BCUT2D eigenvalue weighted by molar-refractivity contribution is -0.120. The quantitative estimate of drug-likeness (QED) is 0.496. The van der Waals surface area contributed by atoms with Crippen LogP contribution >= 0.6 is 0 Å². The molecule has 4 heteroatoms. The first-order valence-corrected chi connectivity index (χ1v) is 6.53. The molecule has 4 nitrogen and oxygen atoms in total. The van der Waals surface area contributed by atoms with Crippen LogP contribution in [-0.4, -0.2) is 32.2 Å². The summed E-state index contributed by atoms with van der Waals surface area (Å²) in [5.74, 6) is -0.00468. The van der Waals surface area contributed by atoms with Crippen molar-refractivity contribution in [2.45, 2.75) is 13.0 Å². The van der Waals surface area contributed by atoms with Gasteiger partial charge in [-0.15, -0.1) is 6.58 Å². The molecule has 1 aromatic carbocycles. The summed E-state index contributed by atoms with van der Waals surface area (Å²) in [6.07, 6.45) is 2.68. The van der Waals surface area contributed by atoms with Gasteiger partial charge in [0.05, 0.1) is 19.8 Å². The van der Waals surface area contributed by atoms with Crippen molar-refractivity contribution in [2.75, 3.05) is 26.3 Å². The van der Waals surface area contributed by atoms with E-state index >= 15 is 0 Å². The Balaban J connectivity index is 1.98. The molecule has 0 unspecified atom stereocenters. The summed E-state index contributed by atoms with van der Waals surface area (Å²) < 4.78 is 5.32. The van der Waals surface area contributed by atoms with E-state index in [1.165, 1.54) is 0 Å². The van der Waals surface area contributed by atoms with Crippen LogP contribution in [-0.2, 0) is 16.1 Å². The second kappa shape index (κ2) is 10.3. The fourth-order valence-electron chi connectivity index (χ4n) is 1.47. The molecule has 0 spiro atoms. The third kappa shape index (κ3) is 8.13. The zero-order chi connectivity index (χ0) is 13.8. The fourth-order valence-corrected chi connectivity index (χ4v) is 1.47. The third-order valence-corrected chi connectivity index (χ3v) is 2.51. The molecule has 2 N–H and O–H groups in total. The Morgan fingerprint density at radius 2 is 2.05 bits per heavy atom. The molecule has 0 aliphatic rings. The van der Waals surface area contributed by atoms with E-state index in [-0.39, 0.29) is 5.91 Å². The normalized spacial score (nSPS) is 10.1. The van der Waals surface area contributed by atoms with Crippen LogP contribution < -0.4 is 10.6 Å². The monoisotopic (exact) mass is 262 g/mol. The van der Waals surface area contributed by atoms with Crippen LogP contribution in [0.1, 0.15) is 12.0 Å². The van der Waals surface area contributed by atoms with E-state index in [2.05, 4.69) is 17.2 Å². The van der Waals surface area contributed by atoms with Crippen molar-refractivity contribution in [1.82, 2.24) is 10.6 Å². The zero-order valence-electron chi connectivity index (χ0n) is 11.2. The molecule has 0 atom stereocenters. The van der Waals surface area contributed by atoms with Crippen molar-refractivity contribution in [1.29, 1.82) is 0 Å². The Bertz CT molecular complexity index is 366. The third-order valence-electron chi connectivity index (χ3n) is 2.51. The molecule has 1 aromatic rings. The van der Waals surface area contributed by atoms with Gasteiger partial charge in [-0.3, -0.25) is 4.79 Å². The number of nitrogens with one attached hydrogen (secondary N) is 2. The molecule has 0 bridgehead atoms. The summed E-state index contributed by atoms with van der Waals surface area (Å²) in [6.45, 7) is 6.47. The number of ether oxygens (including phenoxy) is 1. The Morgan fingerprint density at radius 3 is 2.79 bits per heavy atom. The number of carbonyl (C=O) groups is 1. The molecule has 0 aliphatic heterocycles.